The zero-order valence-corrected chi connectivity index (χ0v) is 14.2. The van der Waals surface area contributed by atoms with Gasteiger partial charge in [0, 0.05) is 33.0 Å². The van der Waals surface area contributed by atoms with Crippen LogP contribution in [0.1, 0.15) is 18.4 Å². The van der Waals surface area contributed by atoms with Gasteiger partial charge in [-0.3, -0.25) is 19.3 Å². The predicted octanol–water partition coefficient (Wildman–Crippen LogP) is 2.04. The van der Waals surface area contributed by atoms with E-state index in [-0.39, 0.29) is 24.7 Å². The maximum Gasteiger partial charge on any atom is 0.240 e. The summed E-state index contributed by atoms with van der Waals surface area (Å²) in [5.74, 6) is -1.72. The molecule has 0 bridgehead atoms. The van der Waals surface area contributed by atoms with E-state index in [1.807, 2.05) is 0 Å². The molecule has 0 spiro atoms. The molecule has 2 rings (SSSR count). The Kier molecular flexibility index (Phi) is 5.51. The van der Waals surface area contributed by atoms with Gasteiger partial charge in [0.2, 0.25) is 17.7 Å². The molecule has 25 heavy (non-hydrogen) atoms. The van der Waals surface area contributed by atoms with Crippen molar-refractivity contribution in [2.45, 2.75) is 18.3 Å². The standard InChI is InChI=1S/C19H21FN2O3/c1-4-9-22(10-5-2)17(24)13-19(12-16(23)21(3)18(19)25)14-7-6-8-15(20)11-14/h4-8,11H,1-2,9-10,12-13H2,3H3/t19-/m1/s1. The van der Waals surface area contributed by atoms with E-state index in [0.29, 0.717) is 18.7 Å². The molecule has 1 saturated heterocycles. The van der Waals surface area contributed by atoms with Crippen molar-refractivity contribution in [1.82, 2.24) is 9.80 Å². The van der Waals surface area contributed by atoms with E-state index in [0.717, 1.165) is 4.90 Å². The fraction of sp³-hybridized carbons (Fsp3) is 0.316. The first-order chi connectivity index (χ1) is 11.9. The third-order valence-corrected chi connectivity index (χ3v) is 4.42. The van der Waals surface area contributed by atoms with Gasteiger partial charge in [0.25, 0.3) is 0 Å². The average Bonchev–Trinajstić information content (AvgIpc) is 2.79. The summed E-state index contributed by atoms with van der Waals surface area (Å²) < 4.78 is 13.7. The van der Waals surface area contributed by atoms with Crippen molar-refractivity contribution in [3.05, 3.63) is 61.0 Å². The smallest absolute Gasteiger partial charge is 0.240 e. The minimum Gasteiger partial charge on any atom is -0.335 e. The molecule has 3 amide bonds. The largest absolute Gasteiger partial charge is 0.335 e. The number of amides is 3. The summed E-state index contributed by atoms with van der Waals surface area (Å²) in [6.45, 7) is 7.82. The van der Waals surface area contributed by atoms with Crippen LogP contribution >= 0.6 is 0 Å². The van der Waals surface area contributed by atoms with Crippen molar-refractivity contribution < 1.29 is 18.8 Å². The number of likely N-dealkylation sites (tertiary alicyclic amines) is 1. The van der Waals surface area contributed by atoms with Crippen molar-refractivity contribution in [2.24, 2.45) is 0 Å². The summed E-state index contributed by atoms with van der Waals surface area (Å²) in [4.78, 5) is 40.2. The molecule has 132 valence electrons. The maximum absolute atomic E-state index is 13.7. The lowest BCUT2D eigenvalue weighted by molar-refractivity contribution is -0.141. The second-order valence-corrected chi connectivity index (χ2v) is 6.08. The first-order valence-electron chi connectivity index (χ1n) is 7.92. The molecule has 0 radical (unpaired) electrons. The third-order valence-electron chi connectivity index (χ3n) is 4.42. The van der Waals surface area contributed by atoms with Crippen LogP contribution in [0.3, 0.4) is 0 Å². The summed E-state index contributed by atoms with van der Waals surface area (Å²) in [5.41, 5.74) is -1.05. The molecule has 0 N–H and O–H groups in total. The highest BCUT2D eigenvalue weighted by molar-refractivity contribution is 6.10. The predicted molar refractivity (Wildman–Crippen MR) is 92.1 cm³/mol. The molecule has 0 aliphatic carbocycles. The monoisotopic (exact) mass is 344 g/mol. The van der Waals surface area contributed by atoms with Gasteiger partial charge in [-0.1, -0.05) is 24.3 Å². The Bertz CT molecular complexity index is 721. The number of hydrogen-bond donors (Lipinski definition) is 0. The minimum absolute atomic E-state index is 0.159. The molecule has 1 heterocycles. The topological polar surface area (TPSA) is 57.7 Å². The molecule has 5 nitrogen and oxygen atoms in total. The first-order valence-corrected chi connectivity index (χ1v) is 7.92. The summed E-state index contributed by atoms with van der Waals surface area (Å²) in [7, 11) is 1.38. The van der Waals surface area contributed by atoms with Crippen LogP contribution in [0.25, 0.3) is 0 Å². The van der Waals surface area contributed by atoms with Gasteiger partial charge in [0.1, 0.15) is 5.82 Å². The van der Waals surface area contributed by atoms with Crippen LogP contribution in [-0.2, 0) is 19.8 Å². The molecule has 0 unspecified atom stereocenters. The van der Waals surface area contributed by atoms with Gasteiger partial charge in [-0.05, 0) is 17.7 Å². The fourth-order valence-electron chi connectivity index (χ4n) is 3.10. The molecule has 1 aromatic rings. The van der Waals surface area contributed by atoms with Gasteiger partial charge in [0.05, 0.1) is 5.41 Å². The summed E-state index contributed by atoms with van der Waals surface area (Å²) in [6.07, 6.45) is 2.77. The highest BCUT2D eigenvalue weighted by Gasteiger charge is 2.52. The van der Waals surface area contributed by atoms with E-state index in [4.69, 9.17) is 0 Å². The second kappa shape index (κ2) is 7.42. The zero-order valence-electron chi connectivity index (χ0n) is 14.2. The summed E-state index contributed by atoms with van der Waals surface area (Å²) in [6, 6.07) is 5.51. The van der Waals surface area contributed by atoms with Gasteiger partial charge < -0.3 is 4.90 Å². The molecular formula is C19H21FN2O3. The number of carbonyl (C=O) groups is 3. The maximum atomic E-state index is 13.7. The molecular weight excluding hydrogens is 323 g/mol. The summed E-state index contributed by atoms with van der Waals surface area (Å²) in [5, 5.41) is 0. The van der Waals surface area contributed by atoms with Gasteiger partial charge in [-0.15, -0.1) is 13.2 Å². The number of nitrogens with zero attached hydrogens (tertiary/aromatic N) is 2. The number of carbonyl (C=O) groups excluding carboxylic acids is 3. The minimum atomic E-state index is -1.38. The Labute approximate surface area is 146 Å². The number of imide groups is 1. The van der Waals surface area contributed by atoms with E-state index in [1.165, 1.54) is 30.1 Å². The Morgan fingerprint density at radius 1 is 1.32 bits per heavy atom. The van der Waals surface area contributed by atoms with Gasteiger partial charge in [-0.2, -0.15) is 0 Å². The first kappa shape index (κ1) is 18.6. The molecule has 1 aliphatic rings. The number of halogens is 1. The van der Waals surface area contributed by atoms with Gasteiger partial charge >= 0.3 is 0 Å². The van der Waals surface area contributed by atoms with Crippen molar-refractivity contribution >= 4 is 17.7 Å². The lowest BCUT2D eigenvalue weighted by Gasteiger charge is -2.29. The Morgan fingerprint density at radius 2 is 1.96 bits per heavy atom. The lowest BCUT2D eigenvalue weighted by Crippen LogP contribution is -2.43. The summed E-state index contributed by atoms with van der Waals surface area (Å²) >= 11 is 0. The van der Waals surface area contributed by atoms with Crippen LogP contribution in [0.2, 0.25) is 0 Å². The van der Waals surface area contributed by atoms with E-state index in [1.54, 1.807) is 18.2 Å². The SMILES string of the molecule is C=CCN(CC=C)C(=O)C[C@@]1(c2cccc(F)c2)CC(=O)N(C)C1=O. The van der Waals surface area contributed by atoms with Crippen LogP contribution in [-0.4, -0.2) is 47.7 Å². The van der Waals surface area contributed by atoms with E-state index < -0.39 is 17.1 Å². The van der Waals surface area contributed by atoms with Crippen LogP contribution in [0, 0.1) is 5.82 Å². The van der Waals surface area contributed by atoms with Crippen LogP contribution in [0.5, 0.6) is 0 Å². The second-order valence-electron chi connectivity index (χ2n) is 6.08. The molecule has 6 heteroatoms. The normalized spacial score (nSPS) is 19.8. The van der Waals surface area contributed by atoms with Crippen LogP contribution < -0.4 is 0 Å². The highest BCUT2D eigenvalue weighted by Crippen LogP contribution is 2.40. The van der Waals surface area contributed by atoms with Crippen molar-refractivity contribution in [3.8, 4) is 0 Å². The van der Waals surface area contributed by atoms with Crippen molar-refractivity contribution in [2.75, 3.05) is 20.1 Å². The number of likely N-dealkylation sites (N-methyl/N-ethyl adjacent to an activating group) is 1. The van der Waals surface area contributed by atoms with Crippen LogP contribution in [0.15, 0.2) is 49.6 Å². The van der Waals surface area contributed by atoms with Crippen molar-refractivity contribution in [1.29, 1.82) is 0 Å². The lowest BCUT2D eigenvalue weighted by atomic mass is 9.75. The quantitative estimate of drug-likeness (QED) is 0.562. The van der Waals surface area contributed by atoms with E-state index in [2.05, 4.69) is 13.2 Å². The Balaban J connectivity index is 2.45. The third kappa shape index (κ3) is 3.52. The molecule has 1 atom stereocenters. The fourth-order valence-corrected chi connectivity index (χ4v) is 3.10. The van der Waals surface area contributed by atoms with Crippen LogP contribution in [0.4, 0.5) is 4.39 Å². The highest BCUT2D eigenvalue weighted by atomic mass is 19.1. The van der Waals surface area contributed by atoms with Gasteiger partial charge in [-0.25, -0.2) is 4.39 Å². The Hall–Kier alpha value is -2.76. The number of rotatable bonds is 7. The van der Waals surface area contributed by atoms with Crippen molar-refractivity contribution in [3.63, 3.8) is 0 Å². The molecule has 1 aromatic carbocycles. The molecule has 0 saturated carbocycles. The van der Waals surface area contributed by atoms with E-state index >= 15 is 0 Å². The van der Waals surface area contributed by atoms with E-state index in [9.17, 15) is 18.8 Å². The average molecular weight is 344 g/mol. The zero-order chi connectivity index (χ0) is 18.6. The molecule has 1 fully saturated rings. The Morgan fingerprint density at radius 3 is 2.44 bits per heavy atom. The van der Waals surface area contributed by atoms with Gasteiger partial charge in [0.15, 0.2) is 0 Å². The molecule has 0 aromatic heterocycles. The number of benzene rings is 1. The molecule has 1 aliphatic heterocycles. The number of hydrogen-bond acceptors (Lipinski definition) is 3.